The zero-order valence-corrected chi connectivity index (χ0v) is 12.1. The fourth-order valence-corrected chi connectivity index (χ4v) is 1.45. The lowest BCUT2D eigenvalue weighted by Crippen LogP contribution is -2.34. The zero-order chi connectivity index (χ0) is 16.0. The first kappa shape index (κ1) is 17.0. The van der Waals surface area contributed by atoms with Gasteiger partial charge in [0, 0.05) is 23.9 Å². The summed E-state index contributed by atoms with van der Waals surface area (Å²) >= 11 is 0. The molecule has 0 saturated carbocycles. The van der Waals surface area contributed by atoms with E-state index in [1.807, 2.05) is 0 Å². The van der Waals surface area contributed by atoms with Crippen molar-refractivity contribution in [3.05, 3.63) is 41.7 Å². The number of amides is 1. The molecule has 5 nitrogen and oxygen atoms in total. The lowest BCUT2D eigenvalue weighted by molar-refractivity contribution is 0.0529. The normalized spacial score (nSPS) is 13.7. The predicted octanol–water partition coefficient (Wildman–Crippen LogP) is 2.63. The van der Waals surface area contributed by atoms with Crippen molar-refractivity contribution in [1.29, 1.82) is 0 Å². The molecule has 1 heterocycles. The predicted molar refractivity (Wildman–Crippen MR) is 72.6 cm³/mol. The molecular formula is C14H18F2N2O3. The minimum atomic E-state index is -1.34. The van der Waals surface area contributed by atoms with Crippen LogP contribution in [0.1, 0.15) is 32.4 Å². The van der Waals surface area contributed by atoms with E-state index in [4.69, 9.17) is 4.74 Å². The number of rotatable bonds is 4. The Hall–Kier alpha value is -2.02. The van der Waals surface area contributed by atoms with Crippen LogP contribution in [0.3, 0.4) is 0 Å². The highest BCUT2D eigenvalue weighted by Crippen LogP contribution is 2.20. The van der Waals surface area contributed by atoms with Gasteiger partial charge in [0.1, 0.15) is 11.7 Å². The van der Waals surface area contributed by atoms with Crippen molar-refractivity contribution in [2.75, 3.05) is 6.54 Å². The lowest BCUT2D eigenvalue weighted by atomic mass is 10.0. The van der Waals surface area contributed by atoms with Crippen LogP contribution in [0.5, 0.6) is 0 Å². The molecule has 1 atom stereocenters. The van der Waals surface area contributed by atoms with Crippen LogP contribution in [0, 0.1) is 5.95 Å². The Balaban J connectivity index is 2.63. The molecule has 0 saturated heterocycles. The number of hydrogen-bond acceptors (Lipinski definition) is 4. The number of halogens is 2. The smallest absolute Gasteiger partial charge is 0.407 e. The molecule has 0 aliphatic carbocycles. The van der Waals surface area contributed by atoms with Crippen molar-refractivity contribution in [2.45, 2.75) is 32.5 Å². The van der Waals surface area contributed by atoms with Gasteiger partial charge in [-0.25, -0.2) is 14.2 Å². The van der Waals surface area contributed by atoms with Gasteiger partial charge in [-0.05, 0) is 26.8 Å². The summed E-state index contributed by atoms with van der Waals surface area (Å²) in [5.41, 5.74) is -0.566. The van der Waals surface area contributed by atoms with E-state index >= 15 is 0 Å². The number of nitrogens with zero attached hydrogens (tertiary/aromatic N) is 1. The molecule has 1 unspecified atom stereocenters. The summed E-state index contributed by atoms with van der Waals surface area (Å²) in [7, 11) is 0. The van der Waals surface area contributed by atoms with Crippen LogP contribution in [0.2, 0.25) is 0 Å². The fourth-order valence-electron chi connectivity index (χ4n) is 1.45. The number of carbonyl (C=O) groups excluding carboxylic acids is 1. The van der Waals surface area contributed by atoms with Gasteiger partial charge in [0.15, 0.2) is 0 Å². The Morgan fingerprint density at radius 3 is 2.67 bits per heavy atom. The van der Waals surface area contributed by atoms with E-state index in [1.54, 1.807) is 20.8 Å². The molecular weight excluding hydrogens is 282 g/mol. The maximum Gasteiger partial charge on any atom is 0.407 e. The quantitative estimate of drug-likeness (QED) is 0.839. The van der Waals surface area contributed by atoms with Gasteiger partial charge in [-0.1, -0.05) is 6.07 Å². The Kier molecular flexibility index (Phi) is 5.78. The van der Waals surface area contributed by atoms with Gasteiger partial charge < -0.3 is 15.2 Å². The third-order valence-electron chi connectivity index (χ3n) is 2.39. The van der Waals surface area contributed by atoms with Crippen molar-refractivity contribution in [1.82, 2.24) is 10.3 Å². The molecule has 1 amide bonds. The molecule has 21 heavy (non-hydrogen) atoms. The number of hydrogen-bond donors (Lipinski definition) is 2. The number of alkyl carbamates (subject to hydrolysis) is 1. The van der Waals surface area contributed by atoms with Crippen LogP contribution in [-0.2, 0) is 4.74 Å². The summed E-state index contributed by atoms with van der Waals surface area (Å²) in [6.07, 6.45) is -0.785. The number of pyridine rings is 1. The van der Waals surface area contributed by atoms with Crippen molar-refractivity contribution < 1.29 is 23.4 Å². The molecule has 0 aromatic carbocycles. The third-order valence-corrected chi connectivity index (χ3v) is 2.39. The Morgan fingerprint density at radius 2 is 2.19 bits per heavy atom. The Labute approximate surface area is 121 Å². The molecule has 0 fully saturated rings. The molecule has 2 N–H and O–H groups in total. The van der Waals surface area contributed by atoms with E-state index in [0.717, 1.165) is 12.3 Å². The highest BCUT2D eigenvalue weighted by Gasteiger charge is 2.19. The summed E-state index contributed by atoms with van der Waals surface area (Å²) in [6, 6.07) is 2.33. The molecule has 1 aromatic rings. The molecule has 0 radical (unpaired) electrons. The zero-order valence-electron chi connectivity index (χ0n) is 12.1. The van der Waals surface area contributed by atoms with Gasteiger partial charge in [0.2, 0.25) is 5.95 Å². The standard InChI is InChI=1S/C14H18F2N2O3/c1-14(2,3)21-13(20)18-8-10(6-15)12(19)9-4-5-11(16)17-7-9/h4-7,12,19H,8H2,1-3H3,(H,18,20)/b10-6+. The maximum atomic E-state index is 12.9. The van der Waals surface area contributed by atoms with Gasteiger partial charge >= 0.3 is 6.09 Å². The first-order valence-corrected chi connectivity index (χ1v) is 6.28. The Bertz CT molecular complexity index is 510. The van der Waals surface area contributed by atoms with Gasteiger partial charge in [0.25, 0.3) is 0 Å². The number of nitrogens with one attached hydrogen (secondary N) is 1. The summed E-state index contributed by atoms with van der Waals surface area (Å²) in [4.78, 5) is 14.8. The number of aliphatic hydroxyl groups is 1. The molecule has 0 spiro atoms. The molecule has 116 valence electrons. The summed E-state index contributed by atoms with van der Waals surface area (Å²) in [5, 5.41) is 12.3. The largest absolute Gasteiger partial charge is 0.444 e. The van der Waals surface area contributed by atoms with Crippen LogP contribution in [-0.4, -0.2) is 28.3 Å². The molecule has 7 heteroatoms. The average Bonchev–Trinajstić information content (AvgIpc) is 2.38. The molecule has 0 aliphatic heterocycles. The summed E-state index contributed by atoms with van der Waals surface area (Å²) < 4.78 is 30.5. The van der Waals surface area contributed by atoms with Gasteiger partial charge in [-0.3, -0.25) is 0 Å². The van der Waals surface area contributed by atoms with Crippen LogP contribution in [0.15, 0.2) is 30.2 Å². The average molecular weight is 300 g/mol. The number of carbonyl (C=O) groups is 1. The van der Waals surface area contributed by atoms with E-state index in [-0.39, 0.29) is 24.0 Å². The van der Waals surface area contributed by atoms with E-state index in [1.165, 1.54) is 6.07 Å². The number of aliphatic hydroxyl groups excluding tert-OH is 1. The van der Waals surface area contributed by atoms with Gasteiger partial charge in [-0.15, -0.1) is 0 Å². The van der Waals surface area contributed by atoms with Crippen LogP contribution in [0.25, 0.3) is 0 Å². The van der Waals surface area contributed by atoms with E-state index in [0.29, 0.717) is 0 Å². The molecule has 1 rings (SSSR count). The van der Waals surface area contributed by atoms with Gasteiger partial charge in [0.05, 0.1) is 6.33 Å². The molecule has 0 bridgehead atoms. The molecule has 0 aliphatic rings. The summed E-state index contributed by atoms with van der Waals surface area (Å²) in [5.74, 6) is -0.705. The minimum Gasteiger partial charge on any atom is -0.444 e. The van der Waals surface area contributed by atoms with Crippen LogP contribution < -0.4 is 5.32 Å². The second-order valence-corrected chi connectivity index (χ2v) is 5.36. The van der Waals surface area contributed by atoms with Gasteiger partial charge in [-0.2, -0.15) is 4.39 Å². The number of aromatic nitrogens is 1. The highest BCUT2D eigenvalue weighted by molar-refractivity contribution is 5.68. The Morgan fingerprint density at radius 1 is 1.52 bits per heavy atom. The first-order chi connectivity index (χ1) is 9.73. The summed E-state index contributed by atoms with van der Waals surface area (Å²) in [6.45, 7) is 4.83. The maximum absolute atomic E-state index is 12.9. The van der Waals surface area contributed by atoms with E-state index < -0.39 is 23.7 Å². The number of ether oxygens (including phenoxy) is 1. The van der Waals surface area contributed by atoms with Crippen molar-refractivity contribution in [2.24, 2.45) is 0 Å². The van der Waals surface area contributed by atoms with Crippen LogP contribution in [0.4, 0.5) is 13.6 Å². The van der Waals surface area contributed by atoms with Crippen LogP contribution >= 0.6 is 0 Å². The van der Waals surface area contributed by atoms with E-state index in [9.17, 15) is 18.7 Å². The minimum absolute atomic E-state index is 0.103. The second kappa shape index (κ2) is 7.12. The first-order valence-electron chi connectivity index (χ1n) is 6.28. The third kappa shape index (κ3) is 5.86. The SMILES string of the molecule is CC(C)(C)OC(=O)NC/C(=C\F)C(O)c1ccc(F)nc1. The fraction of sp³-hybridized carbons (Fsp3) is 0.429. The lowest BCUT2D eigenvalue weighted by Gasteiger charge is -2.20. The second-order valence-electron chi connectivity index (χ2n) is 5.36. The van der Waals surface area contributed by atoms with E-state index in [2.05, 4.69) is 10.3 Å². The van der Waals surface area contributed by atoms with Crippen molar-refractivity contribution >= 4 is 6.09 Å². The topological polar surface area (TPSA) is 71.5 Å². The van der Waals surface area contributed by atoms with Crippen molar-refractivity contribution in [3.8, 4) is 0 Å². The monoisotopic (exact) mass is 300 g/mol. The van der Waals surface area contributed by atoms with Crippen molar-refractivity contribution in [3.63, 3.8) is 0 Å². The highest BCUT2D eigenvalue weighted by atomic mass is 19.1. The molecule has 1 aromatic heterocycles.